The van der Waals surface area contributed by atoms with E-state index in [9.17, 15) is 9.59 Å². The number of carbonyl (C=O) groups is 2. The summed E-state index contributed by atoms with van der Waals surface area (Å²) in [7, 11) is 0. The van der Waals surface area contributed by atoms with Crippen molar-refractivity contribution in [3.05, 3.63) is 35.7 Å². The van der Waals surface area contributed by atoms with Gasteiger partial charge in [-0.25, -0.2) is 4.79 Å². The molecule has 0 radical (unpaired) electrons. The normalized spacial score (nSPS) is 15.3. The fourth-order valence-electron chi connectivity index (χ4n) is 2.93. The number of hydrogen-bond acceptors (Lipinski definition) is 7. The molecule has 1 saturated heterocycles. The Bertz CT molecular complexity index is 849. The molecule has 0 bridgehead atoms. The monoisotopic (exact) mass is 402 g/mol. The number of aromatic nitrogens is 2. The molecule has 29 heavy (non-hydrogen) atoms. The van der Waals surface area contributed by atoms with Crippen molar-refractivity contribution < 1.29 is 23.6 Å². The summed E-state index contributed by atoms with van der Waals surface area (Å²) in [4.78, 5) is 29.3. The van der Waals surface area contributed by atoms with E-state index in [0.717, 1.165) is 12.8 Å². The minimum atomic E-state index is -0.499. The molecular weight excluding hydrogens is 376 g/mol. The first-order valence-corrected chi connectivity index (χ1v) is 9.53. The van der Waals surface area contributed by atoms with Gasteiger partial charge in [0, 0.05) is 24.2 Å². The average Bonchev–Trinajstić information content (AvgIpc) is 3.14. The van der Waals surface area contributed by atoms with Gasteiger partial charge in [-0.2, -0.15) is 4.98 Å². The standard InChI is InChI=1S/C20H26N4O5/c1-20(2,3)28-19(26)24-10-8-15(9-11-24)27-12-16-22-18(29-23-16)14-6-4-13(5-7-14)17(21)25/h4-7,15H,8-12H2,1-3H3,(H2,21,25). The molecule has 156 valence electrons. The van der Waals surface area contributed by atoms with E-state index < -0.39 is 11.5 Å². The zero-order valence-corrected chi connectivity index (χ0v) is 16.9. The van der Waals surface area contributed by atoms with Crippen molar-refractivity contribution in [3.63, 3.8) is 0 Å². The second kappa shape index (κ2) is 8.60. The third kappa shape index (κ3) is 5.77. The van der Waals surface area contributed by atoms with Crippen LogP contribution in [-0.2, 0) is 16.1 Å². The van der Waals surface area contributed by atoms with Crippen LogP contribution in [-0.4, -0.2) is 51.8 Å². The number of amides is 2. The highest BCUT2D eigenvalue weighted by Crippen LogP contribution is 2.20. The molecule has 0 unspecified atom stereocenters. The van der Waals surface area contributed by atoms with E-state index in [0.29, 0.717) is 35.9 Å². The van der Waals surface area contributed by atoms with E-state index in [1.807, 2.05) is 20.8 Å². The number of rotatable bonds is 5. The molecule has 1 aliphatic heterocycles. The van der Waals surface area contributed by atoms with Gasteiger partial charge in [-0.1, -0.05) is 5.16 Å². The fraction of sp³-hybridized carbons (Fsp3) is 0.500. The molecule has 0 atom stereocenters. The van der Waals surface area contributed by atoms with E-state index in [1.54, 1.807) is 29.2 Å². The molecule has 2 heterocycles. The van der Waals surface area contributed by atoms with Gasteiger partial charge in [0.1, 0.15) is 12.2 Å². The maximum atomic E-state index is 12.1. The first-order valence-electron chi connectivity index (χ1n) is 9.53. The Hall–Kier alpha value is -2.94. The van der Waals surface area contributed by atoms with Crippen molar-refractivity contribution in [2.75, 3.05) is 13.1 Å². The zero-order chi connectivity index (χ0) is 21.0. The van der Waals surface area contributed by atoms with Crippen LogP contribution in [0.3, 0.4) is 0 Å². The van der Waals surface area contributed by atoms with Crippen LogP contribution < -0.4 is 5.73 Å². The Balaban J connectivity index is 1.47. The van der Waals surface area contributed by atoms with Crippen molar-refractivity contribution in [3.8, 4) is 11.5 Å². The van der Waals surface area contributed by atoms with Gasteiger partial charge in [-0.05, 0) is 57.9 Å². The fourth-order valence-corrected chi connectivity index (χ4v) is 2.93. The van der Waals surface area contributed by atoms with Gasteiger partial charge in [0.15, 0.2) is 5.82 Å². The molecule has 0 spiro atoms. The molecule has 1 aliphatic rings. The van der Waals surface area contributed by atoms with Crippen molar-refractivity contribution in [1.29, 1.82) is 0 Å². The average molecular weight is 402 g/mol. The molecule has 0 aliphatic carbocycles. The van der Waals surface area contributed by atoms with Gasteiger partial charge in [0.2, 0.25) is 5.91 Å². The number of primary amides is 1. The van der Waals surface area contributed by atoms with Gasteiger partial charge >= 0.3 is 6.09 Å². The predicted molar refractivity (Wildman–Crippen MR) is 104 cm³/mol. The number of ether oxygens (including phenoxy) is 2. The lowest BCUT2D eigenvalue weighted by Crippen LogP contribution is -2.43. The molecule has 1 aromatic heterocycles. The maximum absolute atomic E-state index is 12.1. The lowest BCUT2D eigenvalue weighted by molar-refractivity contribution is -0.0190. The second-order valence-corrected chi connectivity index (χ2v) is 7.94. The van der Waals surface area contributed by atoms with Crippen LogP contribution >= 0.6 is 0 Å². The number of nitrogens with two attached hydrogens (primary N) is 1. The largest absolute Gasteiger partial charge is 0.444 e. The van der Waals surface area contributed by atoms with E-state index >= 15 is 0 Å². The van der Waals surface area contributed by atoms with Crippen molar-refractivity contribution in [2.45, 2.75) is 51.9 Å². The highest BCUT2D eigenvalue weighted by molar-refractivity contribution is 5.93. The van der Waals surface area contributed by atoms with E-state index in [4.69, 9.17) is 19.7 Å². The molecule has 1 aromatic carbocycles. The summed E-state index contributed by atoms with van der Waals surface area (Å²) >= 11 is 0. The lowest BCUT2D eigenvalue weighted by atomic mass is 10.1. The van der Waals surface area contributed by atoms with Crippen molar-refractivity contribution >= 4 is 12.0 Å². The quantitative estimate of drug-likeness (QED) is 0.816. The van der Waals surface area contributed by atoms with E-state index in [1.165, 1.54) is 0 Å². The Morgan fingerprint density at radius 3 is 2.45 bits per heavy atom. The summed E-state index contributed by atoms with van der Waals surface area (Å²) in [5.74, 6) is 0.293. The summed E-state index contributed by atoms with van der Waals surface area (Å²) in [6.07, 6.45) is 1.17. The molecule has 2 N–H and O–H groups in total. The first-order chi connectivity index (χ1) is 13.7. The van der Waals surface area contributed by atoms with Gasteiger partial charge in [0.05, 0.1) is 6.10 Å². The van der Waals surface area contributed by atoms with Gasteiger partial charge in [0.25, 0.3) is 5.89 Å². The predicted octanol–water partition coefficient (Wildman–Crippen LogP) is 2.75. The number of nitrogens with zero attached hydrogens (tertiary/aromatic N) is 3. The van der Waals surface area contributed by atoms with Crippen LogP contribution in [0.15, 0.2) is 28.8 Å². The smallest absolute Gasteiger partial charge is 0.410 e. The third-order valence-corrected chi connectivity index (χ3v) is 4.43. The Morgan fingerprint density at radius 2 is 1.86 bits per heavy atom. The van der Waals surface area contributed by atoms with Crippen LogP contribution in [0.4, 0.5) is 4.79 Å². The van der Waals surface area contributed by atoms with Crippen molar-refractivity contribution in [1.82, 2.24) is 15.0 Å². The summed E-state index contributed by atoms with van der Waals surface area (Å²) in [6, 6.07) is 6.61. The van der Waals surface area contributed by atoms with Crippen LogP contribution in [0.5, 0.6) is 0 Å². The van der Waals surface area contributed by atoms with E-state index in [-0.39, 0.29) is 18.8 Å². The van der Waals surface area contributed by atoms with Crippen molar-refractivity contribution in [2.24, 2.45) is 5.73 Å². The Morgan fingerprint density at radius 1 is 1.21 bits per heavy atom. The molecule has 1 fully saturated rings. The number of piperidine rings is 1. The minimum absolute atomic E-state index is 0.0190. The second-order valence-electron chi connectivity index (χ2n) is 7.94. The molecule has 2 aromatic rings. The zero-order valence-electron chi connectivity index (χ0n) is 16.9. The Kier molecular flexibility index (Phi) is 6.17. The molecule has 9 nitrogen and oxygen atoms in total. The molecule has 3 rings (SSSR count). The molecule has 2 amide bonds. The third-order valence-electron chi connectivity index (χ3n) is 4.43. The summed E-state index contributed by atoms with van der Waals surface area (Å²) < 4.78 is 16.5. The van der Waals surface area contributed by atoms with Gasteiger partial charge in [-0.3, -0.25) is 4.79 Å². The SMILES string of the molecule is CC(C)(C)OC(=O)N1CCC(OCc2noc(-c3ccc(C(N)=O)cc3)n2)CC1. The molecule has 9 heteroatoms. The summed E-state index contributed by atoms with van der Waals surface area (Å²) in [5.41, 5.74) is 5.84. The van der Waals surface area contributed by atoms with Crippen LogP contribution in [0.1, 0.15) is 49.8 Å². The number of likely N-dealkylation sites (tertiary alicyclic amines) is 1. The van der Waals surface area contributed by atoms with Crippen LogP contribution in [0, 0.1) is 0 Å². The van der Waals surface area contributed by atoms with Gasteiger partial charge < -0.3 is 24.6 Å². The van der Waals surface area contributed by atoms with Gasteiger partial charge in [-0.15, -0.1) is 0 Å². The number of carbonyl (C=O) groups excluding carboxylic acids is 2. The molecule has 0 saturated carbocycles. The first kappa shape index (κ1) is 20.8. The molecular formula is C20H26N4O5. The Labute approximate surface area is 169 Å². The summed E-state index contributed by atoms with van der Waals surface area (Å²) in [5, 5.41) is 3.93. The summed E-state index contributed by atoms with van der Waals surface area (Å²) in [6.45, 7) is 6.95. The minimum Gasteiger partial charge on any atom is -0.444 e. The highest BCUT2D eigenvalue weighted by Gasteiger charge is 2.27. The highest BCUT2D eigenvalue weighted by atomic mass is 16.6. The topological polar surface area (TPSA) is 121 Å². The lowest BCUT2D eigenvalue weighted by Gasteiger charge is -2.33. The number of hydrogen-bond donors (Lipinski definition) is 1. The maximum Gasteiger partial charge on any atom is 0.410 e. The van der Waals surface area contributed by atoms with Crippen LogP contribution in [0.2, 0.25) is 0 Å². The van der Waals surface area contributed by atoms with Crippen LogP contribution in [0.25, 0.3) is 11.5 Å². The number of benzene rings is 1. The van der Waals surface area contributed by atoms with E-state index in [2.05, 4.69) is 10.1 Å².